The first-order valence-corrected chi connectivity index (χ1v) is 5.73. The summed E-state index contributed by atoms with van der Waals surface area (Å²) in [4.78, 5) is 1.99. The van der Waals surface area contributed by atoms with Gasteiger partial charge in [-0.3, -0.25) is 0 Å². The van der Waals surface area contributed by atoms with Crippen molar-refractivity contribution >= 4 is 23.0 Å². The van der Waals surface area contributed by atoms with Crippen LogP contribution in [0.2, 0.25) is 0 Å². The van der Waals surface area contributed by atoms with Crippen molar-refractivity contribution in [3.8, 4) is 0 Å². The quantitative estimate of drug-likeness (QED) is 0.623. The highest BCUT2D eigenvalue weighted by Gasteiger charge is 2.04. The van der Waals surface area contributed by atoms with Gasteiger partial charge in [0.15, 0.2) is 5.11 Å². The van der Waals surface area contributed by atoms with Crippen LogP contribution >= 0.6 is 12.2 Å². The smallest absolute Gasteiger partial charge is 0.173 e. The summed E-state index contributed by atoms with van der Waals surface area (Å²) in [7, 11) is 1.98. The van der Waals surface area contributed by atoms with Gasteiger partial charge in [0.25, 0.3) is 0 Å². The first-order chi connectivity index (χ1) is 7.25. The Labute approximate surface area is 97.3 Å². The van der Waals surface area contributed by atoms with Crippen molar-refractivity contribution in [2.24, 2.45) is 0 Å². The molecule has 82 valence electrons. The Kier molecular flexibility index (Phi) is 5.12. The molecule has 0 saturated heterocycles. The fraction of sp³-hybridized carbons (Fsp3) is 0.417. The van der Waals surface area contributed by atoms with E-state index in [0.717, 1.165) is 23.8 Å². The minimum atomic E-state index is 0.787. The maximum absolute atomic E-state index is 5.29. The molecule has 0 fully saturated rings. The van der Waals surface area contributed by atoms with Gasteiger partial charge < -0.3 is 10.2 Å². The monoisotopic (exact) mass is 222 g/mol. The van der Waals surface area contributed by atoms with Crippen LogP contribution in [0.4, 0.5) is 5.69 Å². The molecular weight excluding hydrogens is 204 g/mol. The number of unbranched alkanes of at least 4 members (excludes halogenated alkanes) is 1. The van der Waals surface area contributed by atoms with E-state index in [0.29, 0.717) is 0 Å². The summed E-state index contributed by atoms with van der Waals surface area (Å²) in [6, 6.07) is 10.1. The van der Waals surface area contributed by atoms with Gasteiger partial charge in [0.05, 0.1) is 0 Å². The number of benzene rings is 1. The second kappa shape index (κ2) is 6.40. The topological polar surface area (TPSA) is 15.3 Å². The zero-order chi connectivity index (χ0) is 11.1. The number of para-hydroxylation sites is 1. The molecule has 1 aromatic carbocycles. The molecule has 0 spiro atoms. The number of anilines is 1. The molecule has 3 heteroatoms. The van der Waals surface area contributed by atoms with Crippen molar-refractivity contribution in [2.45, 2.75) is 19.8 Å². The molecule has 0 saturated carbocycles. The van der Waals surface area contributed by atoms with E-state index in [4.69, 9.17) is 12.2 Å². The normalized spacial score (nSPS) is 9.73. The molecule has 1 rings (SSSR count). The Hall–Kier alpha value is -1.09. The molecule has 0 unspecified atom stereocenters. The maximum Gasteiger partial charge on any atom is 0.173 e. The zero-order valence-electron chi connectivity index (χ0n) is 9.36. The van der Waals surface area contributed by atoms with Gasteiger partial charge in [0.1, 0.15) is 0 Å². The second-order valence-corrected chi connectivity index (χ2v) is 3.87. The highest BCUT2D eigenvalue weighted by molar-refractivity contribution is 7.80. The lowest BCUT2D eigenvalue weighted by atomic mass is 10.3. The molecule has 1 N–H and O–H groups in total. The van der Waals surface area contributed by atoms with Crippen LogP contribution in [0.3, 0.4) is 0 Å². The Morgan fingerprint density at radius 1 is 1.33 bits per heavy atom. The lowest BCUT2D eigenvalue weighted by molar-refractivity contribution is 0.754. The number of hydrogen-bond acceptors (Lipinski definition) is 1. The van der Waals surface area contributed by atoms with Gasteiger partial charge in [-0.25, -0.2) is 0 Å². The molecule has 2 nitrogen and oxygen atoms in total. The third-order valence-corrected chi connectivity index (χ3v) is 2.67. The van der Waals surface area contributed by atoms with Gasteiger partial charge in [0, 0.05) is 19.3 Å². The largest absolute Gasteiger partial charge is 0.362 e. The van der Waals surface area contributed by atoms with Gasteiger partial charge in [-0.2, -0.15) is 0 Å². The van der Waals surface area contributed by atoms with Gasteiger partial charge in [-0.05, 0) is 30.8 Å². The van der Waals surface area contributed by atoms with E-state index >= 15 is 0 Å². The molecule has 15 heavy (non-hydrogen) atoms. The molecule has 0 aliphatic carbocycles. The Morgan fingerprint density at radius 3 is 2.60 bits per heavy atom. The van der Waals surface area contributed by atoms with E-state index in [1.54, 1.807) is 0 Å². The van der Waals surface area contributed by atoms with Crippen LogP contribution in [-0.2, 0) is 0 Å². The van der Waals surface area contributed by atoms with E-state index in [-0.39, 0.29) is 0 Å². The van der Waals surface area contributed by atoms with E-state index in [2.05, 4.69) is 12.2 Å². The van der Waals surface area contributed by atoms with Gasteiger partial charge in [0.2, 0.25) is 0 Å². The number of hydrogen-bond donors (Lipinski definition) is 1. The third kappa shape index (κ3) is 3.88. The van der Waals surface area contributed by atoms with E-state index in [1.165, 1.54) is 6.42 Å². The SMILES string of the molecule is CCCCNC(=S)N(C)c1ccccc1. The highest BCUT2D eigenvalue weighted by atomic mass is 32.1. The number of nitrogens with zero attached hydrogens (tertiary/aromatic N) is 1. The van der Waals surface area contributed by atoms with Crippen molar-refractivity contribution in [1.82, 2.24) is 5.32 Å². The van der Waals surface area contributed by atoms with Crippen LogP contribution in [-0.4, -0.2) is 18.7 Å². The average Bonchev–Trinajstić information content (AvgIpc) is 2.29. The number of rotatable bonds is 4. The van der Waals surface area contributed by atoms with Crippen LogP contribution < -0.4 is 10.2 Å². The number of nitrogens with one attached hydrogen (secondary N) is 1. The summed E-state index contributed by atoms with van der Waals surface area (Å²) in [5.41, 5.74) is 1.12. The fourth-order valence-corrected chi connectivity index (χ4v) is 1.47. The summed E-state index contributed by atoms with van der Waals surface area (Å²) in [6.45, 7) is 3.12. The highest BCUT2D eigenvalue weighted by Crippen LogP contribution is 2.10. The van der Waals surface area contributed by atoms with Crippen LogP contribution in [0, 0.1) is 0 Å². The average molecular weight is 222 g/mol. The van der Waals surface area contributed by atoms with Crippen molar-refractivity contribution in [1.29, 1.82) is 0 Å². The molecule has 0 aliphatic rings. The molecule has 0 heterocycles. The molecule has 0 amide bonds. The maximum atomic E-state index is 5.29. The third-order valence-electron chi connectivity index (χ3n) is 2.25. The van der Waals surface area contributed by atoms with Crippen LogP contribution in [0.1, 0.15) is 19.8 Å². The van der Waals surface area contributed by atoms with Crippen molar-refractivity contribution in [3.05, 3.63) is 30.3 Å². The molecule has 0 atom stereocenters. The van der Waals surface area contributed by atoms with Gasteiger partial charge in [-0.15, -0.1) is 0 Å². The van der Waals surface area contributed by atoms with Crippen molar-refractivity contribution in [3.63, 3.8) is 0 Å². The Balaban J connectivity index is 2.46. The minimum absolute atomic E-state index is 0.787. The molecule has 0 radical (unpaired) electrons. The fourth-order valence-electron chi connectivity index (χ4n) is 1.26. The predicted octanol–water partition coefficient (Wildman–Crippen LogP) is 2.80. The zero-order valence-corrected chi connectivity index (χ0v) is 10.2. The summed E-state index contributed by atoms with van der Waals surface area (Å²) in [6.07, 6.45) is 2.34. The van der Waals surface area contributed by atoms with Crippen LogP contribution in [0.25, 0.3) is 0 Å². The summed E-state index contributed by atoms with van der Waals surface area (Å²) in [5, 5.41) is 4.03. The lowest BCUT2D eigenvalue weighted by Crippen LogP contribution is -2.37. The van der Waals surface area contributed by atoms with Gasteiger partial charge in [-0.1, -0.05) is 31.5 Å². The minimum Gasteiger partial charge on any atom is -0.362 e. The number of thiocarbonyl (C=S) groups is 1. The van der Waals surface area contributed by atoms with Crippen molar-refractivity contribution < 1.29 is 0 Å². The van der Waals surface area contributed by atoms with Crippen LogP contribution in [0.15, 0.2) is 30.3 Å². The Morgan fingerprint density at radius 2 is 2.00 bits per heavy atom. The lowest BCUT2D eigenvalue weighted by Gasteiger charge is -2.20. The van der Waals surface area contributed by atoms with Gasteiger partial charge >= 0.3 is 0 Å². The van der Waals surface area contributed by atoms with Crippen LogP contribution in [0.5, 0.6) is 0 Å². The molecule has 0 bridgehead atoms. The molecular formula is C12H18N2S. The molecule has 0 aliphatic heterocycles. The van der Waals surface area contributed by atoms with E-state index in [9.17, 15) is 0 Å². The van der Waals surface area contributed by atoms with E-state index in [1.807, 2.05) is 42.3 Å². The predicted molar refractivity (Wildman–Crippen MR) is 70.4 cm³/mol. The first-order valence-electron chi connectivity index (χ1n) is 5.32. The molecule has 1 aromatic rings. The standard InChI is InChI=1S/C12H18N2S/c1-3-4-10-13-12(15)14(2)11-8-6-5-7-9-11/h5-9H,3-4,10H2,1-2H3,(H,13,15). The first kappa shape index (κ1) is 12.0. The summed E-state index contributed by atoms with van der Waals surface area (Å²) < 4.78 is 0. The Bertz CT molecular complexity index is 298. The summed E-state index contributed by atoms with van der Waals surface area (Å²) >= 11 is 5.29. The molecule has 0 aromatic heterocycles. The van der Waals surface area contributed by atoms with E-state index < -0.39 is 0 Å². The second-order valence-electron chi connectivity index (χ2n) is 3.48. The van der Waals surface area contributed by atoms with Crippen molar-refractivity contribution in [2.75, 3.05) is 18.5 Å². The summed E-state index contributed by atoms with van der Waals surface area (Å²) in [5.74, 6) is 0.